The molecule has 0 bridgehead atoms. The maximum absolute atomic E-state index is 14.0. The van der Waals surface area contributed by atoms with E-state index in [0.29, 0.717) is 17.0 Å². The van der Waals surface area contributed by atoms with E-state index in [1.54, 1.807) is 21.0 Å². The van der Waals surface area contributed by atoms with Crippen LogP contribution in [0, 0.1) is 5.92 Å². The van der Waals surface area contributed by atoms with Crippen LogP contribution in [0.5, 0.6) is 5.75 Å². The third-order valence-electron chi connectivity index (χ3n) is 6.78. The van der Waals surface area contributed by atoms with Crippen molar-refractivity contribution in [2.75, 3.05) is 21.3 Å². The summed E-state index contributed by atoms with van der Waals surface area (Å²) in [7, 11) is 5.78. The monoisotopic (exact) mass is 494 g/mol. The Hall–Kier alpha value is -3.85. The minimum Gasteiger partial charge on any atom is -0.497 e. The zero-order chi connectivity index (χ0) is 26.2. The van der Waals surface area contributed by atoms with E-state index in [1.165, 1.54) is 14.2 Å². The lowest BCUT2D eigenvalue weighted by molar-refractivity contribution is -0.226. The summed E-state index contributed by atoms with van der Waals surface area (Å²) in [6.45, 7) is 3.66. The highest BCUT2D eigenvalue weighted by Crippen LogP contribution is 2.49. The average molecular weight is 495 g/mol. The molecule has 9 nitrogen and oxygen atoms in total. The normalized spacial score (nSPS) is 16.7. The number of hydrogen-bond acceptors (Lipinski definition) is 7. The highest BCUT2D eigenvalue weighted by Gasteiger charge is 2.55. The zero-order valence-corrected chi connectivity index (χ0v) is 21.2. The molecule has 3 aromatic rings. The summed E-state index contributed by atoms with van der Waals surface area (Å²) in [4.78, 5) is 46.1. The molecule has 1 unspecified atom stereocenters. The van der Waals surface area contributed by atoms with Gasteiger partial charge in [-0.25, -0.2) is 5.06 Å². The van der Waals surface area contributed by atoms with Crippen molar-refractivity contribution in [3.05, 3.63) is 65.4 Å². The number of aryl methyl sites for hydroxylation is 1. The van der Waals surface area contributed by atoms with Gasteiger partial charge in [-0.1, -0.05) is 30.3 Å². The Kier molecular flexibility index (Phi) is 6.77. The van der Waals surface area contributed by atoms with E-state index in [9.17, 15) is 14.4 Å². The van der Waals surface area contributed by atoms with Crippen LogP contribution in [0.4, 0.5) is 0 Å². The zero-order valence-electron chi connectivity index (χ0n) is 21.2. The van der Waals surface area contributed by atoms with Gasteiger partial charge in [-0.05, 0) is 43.2 Å². The van der Waals surface area contributed by atoms with Gasteiger partial charge in [-0.15, -0.1) is 0 Å². The van der Waals surface area contributed by atoms with E-state index < -0.39 is 35.2 Å². The maximum Gasteiger partial charge on any atom is 0.322 e. The summed E-state index contributed by atoms with van der Waals surface area (Å²) in [5.74, 6) is -2.91. The first-order chi connectivity index (χ1) is 17.2. The molecule has 0 fully saturated rings. The second-order valence-corrected chi connectivity index (χ2v) is 9.19. The number of carbonyl (C=O) groups excluding carboxylic acids is 3. The van der Waals surface area contributed by atoms with Crippen LogP contribution in [0.2, 0.25) is 0 Å². The van der Waals surface area contributed by atoms with Crippen LogP contribution in [0.1, 0.15) is 36.7 Å². The van der Waals surface area contributed by atoms with Crippen LogP contribution in [-0.2, 0) is 47.8 Å². The standard InChI is InChI=1S/C27H30N2O7/c1-27(2)21-18-14-17(33-4)12-13-19(18)28(3)23(21)22(20(24(30)34-5)25(31)35-6)29(26(27)32)36-15-16-10-8-7-9-11-16/h7-14,20,22H,15H2,1-6H3. The fraction of sp³-hybridized carbons (Fsp3) is 0.370. The Morgan fingerprint density at radius 2 is 1.64 bits per heavy atom. The predicted molar refractivity (Wildman–Crippen MR) is 131 cm³/mol. The maximum atomic E-state index is 14.0. The molecular formula is C27H30N2O7. The van der Waals surface area contributed by atoms with Gasteiger partial charge in [0.15, 0.2) is 5.92 Å². The van der Waals surface area contributed by atoms with Gasteiger partial charge < -0.3 is 18.8 Å². The number of aromatic nitrogens is 1. The number of carbonyl (C=O) groups is 3. The van der Waals surface area contributed by atoms with Crippen molar-refractivity contribution in [1.29, 1.82) is 0 Å². The number of methoxy groups -OCH3 is 3. The van der Waals surface area contributed by atoms with E-state index in [4.69, 9.17) is 19.0 Å². The summed E-state index contributed by atoms with van der Waals surface area (Å²) in [5.41, 5.74) is 1.85. The van der Waals surface area contributed by atoms with E-state index >= 15 is 0 Å². The number of esters is 2. The van der Waals surface area contributed by atoms with Crippen molar-refractivity contribution in [3.63, 3.8) is 0 Å². The summed E-state index contributed by atoms with van der Waals surface area (Å²) < 4.78 is 17.3. The number of hydroxylamine groups is 2. The number of benzene rings is 2. The van der Waals surface area contributed by atoms with E-state index in [-0.39, 0.29) is 6.61 Å². The molecule has 2 aromatic carbocycles. The van der Waals surface area contributed by atoms with E-state index in [0.717, 1.165) is 21.5 Å². The van der Waals surface area contributed by atoms with Gasteiger partial charge in [0.25, 0.3) is 5.91 Å². The smallest absolute Gasteiger partial charge is 0.322 e. The SMILES string of the molecule is COC(=O)C(C(=O)OC)C1c2c(c3cc(OC)ccc3n2C)C(C)(C)C(=O)N1OCc1ccccc1. The van der Waals surface area contributed by atoms with Gasteiger partial charge in [0, 0.05) is 23.6 Å². The van der Waals surface area contributed by atoms with Gasteiger partial charge >= 0.3 is 11.9 Å². The second-order valence-electron chi connectivity index (χ2n) is 9.19. The quantitative estimate of drug-likeness (QED) is 0.367. The Morgan fingerprint density at radius 1 is 1.00 bits per heavy atom. The van der Waals surface area contributed by atoms with Crippen LogP contribution in [-0.4, -0.2) is 48.8 Å². The van der Waals surface area contributed by atoms with Gasteiger partial charge in [0.05, 0.1) is 26.7 Å². The van der Waals surface area contributed by atoms with Crippen molar-refractivity contribution < 1.29 is 33.4 Å². The predicted octanol–water partition coefficient (Wildman–Crippen LogP) is 3.44. The Morgan fingerprint density at radius 3 is 2.22 bits per heavy atom. The fourth-order valence-electron chi connectivity index (χ4n) is 4.95. The molecule has 1 aliphatic heterocycles. The molecule has 1 amide bonds. The van der Waals surface area contributed by atoms with E-state index in [1.807, 2.05) is 60.1 Å². The third-order valence-corrected chi connectivity index (χ3v) is 6.78. The molecule has 190 valence electrons. The molecule has 4 rings (SSSR count). The van der Waals surface area contributed by atoms with Gasteiger partial charge in [-0.2, -0.15) is 0 Å². The molecular weight excluding hydrogens is 464 g/mol. The molecule has 1 atom stereocenters. The Balaban J connectivity index is 1.98. The van der Waals surface area contributed by atoms with Crippen molar-refractivity contribution >= 4 is 28.7 Å². The van der Waals surface area contributed by atoms with Crippen molar-refractivity contribution in [2.45, 2.75) is 31.9 Å². The first-order valence-electron chi connectivity index (χ1n) is 11.5. The van der Waals surface area contributed by atoms with Crippen LogP contribution >= 0.6 is 0 Å². The lowest BCUT2D eigenvalue weighted by Gasteiger charge is -2.43. The van der Waals surface area contributed by atoms with Crippen molar-refractivity contribution in [3.8, 4) is 5.75 Å². The van der Waals surface area contributed by atoms with E-state index in [2.05, 4.69) is 0 Å². The average Bonchev–Trinajstić information content (AvgIpc) is 3.19. The largest absolute Gasteiger partial charge is 0.497 e. The summed E-state index contributed by atoms with van der Waals surface area (Å²) >= 11 is 0. The number of amides is 1. The third kappa shape index (κ3) is 3.99. The first-order valence-corrected chi connectivity index (χ1v) is 11.5. The van der Waals surface area contributed by atoms with Crippen molar-refractivity contribution in [1.82, 2.24) is 9.63 Å². The first kappa shape index (κ1) is 25.2. The number of fused-ring (bicyclic) bond motifs is 3. The van der Waals surface area contributed by atoms with Gasteiger partial charge in [0.1, 0.15) is 18.4 Å². The fourth-order valence-corrected chi connectivity index (χ4v) is 4.95. The minimum absolute atomic E-state index is 0.0569. The van der Waals surface area contributed by atoms with Crippen molar-refractivity contribution in [2.24, 2.45) is 13.0 Å². The molecule has 0 N–H and O–H groups in total. The van der Waals surface area contributed by atoms with Crippen LogP contribution < -0.4 is 4.74 Å². The number of ether oxygens (including phenoxy) is 3. The Bertz CT molecular complexity index is 1300. The van der Waals surface area contributed by atoms with Crippen LogP contribution in [0.15, 0.2) is 48.5 Å². The number of rotatable bonds is 7. The molecule has 0 spiro atoms. The molecule has 36 heavy (non-hydrogen) atoms. The molecule has 0 radical (unpaired) electrons. The number of hydrogen-bond donors (Lipinski definition) is 0. The molecule has 0 saturated carbocycles. The lowest BCUT2D eigenvalue weighted by Crippen LogP contribution is -2.54. The minimum atomic E-state index is -1.47. The highest BCUT2D eigenvalue weighted by molar-refractivity contribution is 6.02. The van der Waals surface area contributed by atoms with Gasteiger partial charge in [0.2, 0.25) is 0 Å². The Labute approximate surface area is 209 Å². The molecule has 0 saturated heterocycles. The molecule has 9 heteroatoms. The van der Waals surface area contributed by atoms with Crippen LogP contribution in [0.3, 0.4) is 0 Å². The molecule has 1 aromatic heterocycles. The summed E-state index contributed by atoms with van der Waals surface area (Å²) in [5, 5.41) is 1.93. The second kappa shape index (κ2) is 9.66. The number of nitrogens with zero attached hydrogens (tertiary/aromatic N) is 2. The lowest BCUT2D eigenvalue weighted by atomic mass is 9.75. The van der Waals surface area contributed by atoms with Gasteiger partial charge in [-0.3, -0.25) is 19.2 Å². The topological polar surface area (TPSA) is 96.3 Å². The molecule has 1 aliphatic rings. The molecule has 0 aliphatic carbocycles. The van der Waals surface area contributed by atoms with Crippen LogP contribution in [0.25, 0.3) is 10.9 Å². The molecule has 2 heterocycles. The highest BCUT2D eigenvalue weighted by atomic mass is 16.7. The summed E-state index contributed by atoms with van der Waals surface area (Å²) in [6, 6.07) is 13.7. The summed E-state index contributed by atoms with van der Waals surface area (Å²) in [6.07, 6.45) is 0.